The van der Waals surface area contributed by atoms with E-state index >= 15 is 0 Å². The van der Waals surface area contributed by atoms with Gasteiger partial charge in [-0.05, 0) is 13.3 Å². The summed E-state index contributed by atoms with van der Waals surface area (Å²) in [6.45, 7) is 3.43. The van der Waals surface area contributed by atoms with Gasteiger partial charge in [0.1, 0.15) is 6.20 Å². The summed E-state index contributed by atoms with van der Waals surface area (Å²) >= 11 is 1.43. The summed E-state index contributed by atoms with van der Waals surface area (Å²) in [5.41, 5.74) is 3.63. The number of thiazole rings is 1. The van der Waals surface area contributed by atoms with Gasteiger partial charge in [0.2, 0.25) is 0 Å². The van der Waals surface area contributed by atoms with Gasteiger partial charge in [0.25, 0.3) is 11.7 Å². The Hall–Kier alpha value is -2.47. The second-order valence-electron chi connectivity index (χ2n) is 6.07. The molecular formula is C18H19N4OS+. The summed E-state index contributed by atoms with van der Waals surface area (Å²) in [4.78, 5) is 16.4. The largest absolute Gasteiger partial charge is 0.299 e. The van der Waals surface area contributed by atoms with Crippen molar-refractivity contribution in [3.8, 4) is 11.3 Å². The maximum Gasteiger partial charge on any atom is 0.268 e. The molecule has 3 heterocycles. The predicted octanol–water partition coefficient (Wildman–Crippen LogP) is 2.79. The van der Waals surface area contributed by atoms with Gasteiger partial charge in [0.05, 0.1) is 13.0 Å². The maximum absolute atomic E-state index is 12.3. The van der Waals surface area contributed by atoms with Gasteiger partial charge in [-0.3, -0.25) is 10.1 Å². The smallest absolute Gasteiger partial charge is 0.268 e. The van der Waals surface area contributed by atoms with E-state index in [1.54, 1.807) is 6.20 Å². The van der Waals surface area contributed by atoms with Gasteiger partial charge in [-0.2, -0.15) is 0 Å². The van der Waals surface area contributed by atoms with Crippen LogP contribution in [0.5, 0.6) is 0 Å². The van der Waals surface area contributed by atoms with Crippen LogP contribution in [0.1, 0.15) is 17.8 Å². The molecule has 24 heavy (non-hydrogen) atoms. The number of aryl methyl sites for hydroxylation is 1. The summed E-state index contributed by atoms with van der Waals surface area (Å²) in [7, 11) is 0. The Bertz CT molecular complexity index is 865. The van der Waals surface area contributed by atoms with E-state index in [0.29, 0.717) is 11.7 Å². The first-order chi connectivity index (χ1) is 11.7. The molecule has 2 aromatic heterocycles. The normalized spacial score (nSPS) is 13.0. The van der Waals surface area contributed by atoms with E-state index in [9.17, 15) is 4.79 Å². The van der Waals surface area contributed by atoms with Crippen molar-refractivity contribution in [1.29, 1.82) is 0 Å². The number of imidazole rings is 1. The molecule has 0 bridgehead atoms. The molecule has 1 N–H and O–H groups in total. The molecule has 0 unspecified atom stereocenters. The second kappa shape index (κ2) is 6.20. The molecular weight excluding hydrogens is 320 g/mol. The Labute approximate surface area is 144 Å². The third-order valence-electron chi connectivity index (χ3n) is 4.33. The van der Waals surface area contributed by atoms with Gasteiger partial charge < -0.3 is 0 Å². The van der Waals surface area contributed by atoms with Gasteiger partial charge in [0.15, 0.2) is 17.4 Å². The zero-order chi connectivity index (χ0) is 16.5. The van der Waals surface area contributed by atoms with Crippen molar-refractivity contribution in [1.82, 2.24) is 9.55 Å². The number of hydrogen-bond donors (Lipinski definition) is 1. The molecule has 0 spiro atoms. The summed E-state index contributed by atoms with van der Waals surface area (Å²) in [5.74, 6) is 1.19. The molecule has 122 valence electrons. The molecule has 6 heteroatoms. The number of nitrogens with one attached hydrogen (secondary N) is 1. The number of hydrogen-bond acceptors (Lipinski definition) is 3. The van der Waals surface area contributed by atoms with E-state index < -0.39 is 0 Å². The number of carbonyl (C=O) groups is 1. The minimum absolute atomic E-state index is 0.0364. The van der Waals surface area contributed by atoms with Crippen LogP contribution in [-0.2, 0) is 24.3 Å². The number of nitrogens with zero attached hydrogens (tertiary/aromatic N) is 3. The maximum atomic E-state index is 12.3. The molecule has 5 nitrogen and oxygen atoms in total. The lowest BCUT2D eigenvalue weighted by atomic mass is 10.1. The number of anilines is 1. The molecule has 0 aliphatic carbocycles. The Balaban J connectivity index is 1.61. The average molecular weight is 339 g/mol. The lowest BCUT2D eigenvalue weighted by molar-refractivity contribution is -0.690. The van der Waals surface area contributed by atoms with Crippen LogP contribution in [0.25, 0.3) is 11.3 Å². The number of amides is 1. The number of rotatable bonds is 4. The zero-order valence-electron chi connectivity index (χ0n) is 13.5. The van der Waals surface area contributed by atoms with Crippen molar-refractivity contribution < 1.29 is 9.36 Å². The van der Waals surface area contributed by atoms with E-state index in [1.165, 1.54) is 34.0 Å². The number of fused-ring (bicyclic) bond motifs is 1. The molecule has 0 radical (unpaired) electrons. The van der Waals surface area contributed by atoms with E-state index in [-0.39, 0.29) is 5.91 Å². The minimum Gasteiger partial charge on any atom is -0.299 e. The fourth-order valence-corrected chi connectivity index (χ4v) is 3.74. The lowest BCUT2D eigenvalue weighted by Crippen LogP contribution is -2.42. The molecule has 0 saturated carbocycles. The van der Waals surface area contributed by atoms with Crippen molar-refractivity contribution in [3.05, 3.63) is 53.4 Å². The standard InChI is InChI=1S/C18H18N4OS/c1-13-4-6-14(7-5-13)15-11-21(17-3-2-9-22(15)17)12-16(23)20-18-19-8-10-24-18/h4-8,10-11H,2-3,9,12H2,1H3/p+1. The highest BCUT2D eigenvalue weighted by Gasteiger charge is 2.29. The molecule has 3 aromatic rings. The van der Waals surface area contributed by atoms with Crippen LogP contribution in [0.3, 0.4) is 0 Å². The van der Waals surface area contributed by atoms with Crippen LogP contribution in [0, 0.1) is 6.92 Å². The Morgan fingerprint density at radius 1 is 1.38 bits per heavy atom. The molecule has 1 aliphatic rings. The van der Waals surface area contributed by atoms with Gasteiger partial charge in [-0.1, -0.05) is 29.8 Å². The van der Waals surface area contributed by atoms with Gasteiger partial charge in [0, 0.05) is 17.1 Å². The molecule has 4 rings (SSSR count). The van der Waals surface area contributed by atoms with Crippen LogP contribution < -0.4 is 9.88 Å². The van der Waals surface area contributed by atoms with Crippen LogP contribution in [0.2, 0.25) is 0 Å². The summed E-state index contributed by atoms with van der Waals surface area (Å²) in [5, 5.41) is 5.36. The summed E-state index contributed by atoms with van der Waals surface area (Å²) < 4.78 is 4.41. The van der Waals surface area contributed by atoms with E-state index in [0.717, 1.165) is 19.4 Å². The third-order valence-corrected chi connectivity index (χ3v) is 5.02. The van der Waals surface area contributed by atoms with Crippen LogP contribution in [0.15, 0.2) is 42.0 Å². The van der Waals surface area contributed by atoms with Crippen molar-refractivity contribution in [3.63, 3.8) is 0 Å². The SMILES string of the molecule is Cc1ccc(-c2c[n+](CC(=O)Nc3nccs3)c3n2CCC3)cc1. The second-order valence-corrected chi connectivity index (χ2v) is 6.96. The van der Waals surface area contributed by atoms with Gasteiger partial charge >= 0.3 is 0 Å². The van der Waals surface area contributed by atoms with Gasteiger partial charge in [-0.15, -0.1) is 11.3 Å². The zero-order valence-corrected chi connectivity index (χ0v) is 14.3. The highest BCUT2D eigenvalue weighted by molar-refractivity contribution is 7.13. The van der Waals surface area contributed by atoms with Crippen molar-refractivity contribution in [2.75, 3.05) is 5.32 Å². The third kappa shape index (κ3) is 2.85. The minimum atomic E-state index is -0.0364. The monoisotopic (exact) mass is 339 g/mol. The lowest BCUT2D eigenvalue weighted by Gasteiger charge is -2.00. The number of benzene rings is 1. The van der Waals surface area contributed by atoms with E-state index in [1.807, 2.05) is 5.38 Å². The van der Waals surface area contributed by atoms with Crippen LogP contribution in [-0.4, -0.2) is 15.5 Å². The molecule has 1 amide bonds. The molecule has 1 aliphatic heterocycles. The summed E-state index contributed by atoms with van der Waals surface area (Å²) in [6, 6.07) is 8.56. The van der Waals surface area contributed by atoms with Gasteiger partial charge in [-0.25, -0.2) is 14.1 Å². The fraction of sp³-hybridized carbons (Fsp3) is 0.278. The van der Waals surface area contributed by atoms with Crippen molar-refractivity contribution >= 4 is 22.4 Å². The topological polar surface area (TPSA) is 50.8 Å². The Kier molecular flexibility index (Phi) is 3.90. The van der Waals surface area contributed by atoms with Crippen LogP contribution in [0.4, 0.5) is 5.13 Å². The van der Waals surface area contributed by atoms with Crippen molar-refractivity contribution in [2.45, 2.75) is 32.9 Å². The predicted molar refractivity (Wildman–Crippen MR) is 93.9 cm³/mol. The Morgan fingerprint density at radius 3 is 2.96 bits per heavy atom. The number of aromatic nitrogens is 3. The average Bonchev–Trinajstić information content (AvgIpc) is 3.28. The Morgan fingerprint density at radius 2 is 2.21 bits per heavy atom. The fourth-order valence-electron chi connectivity index (χ4n) is 3.20. The van der Waals surface area contributed by atoms with E-state index in [4.69, 9.17) is 0 Å². The highest BCUT2D eigenvalue weighted by atomic mass is 32.1. The molecule has 0 saturated heterocycles. The number of carbonyl (C=O) groups excluding carboxylic acids is 1. The van der Waals surface area contributed by atoms with Crippen molar-refractivity contribution in [2.24, 2.45) is 0 Å². The molecule has 0 fully saturated rings. The molecule has 1 aromatic carbocycles. The highest BCUT2D eigenvalue weighted by Crippen LogP contribution is 2.25. The van der Waals surface area contributed by atoms with E-state index in [2.05, 4.69) is 56.8 Å². The first kappa shape index (κ1) is 15.1. The first-order valence-electron chi connectivity index (χ1n) is 8.09. The van der Waals surface area contributed by atoms with Crippen LogP contribution >= 0.6 is 11.3 Å². The quantitative estimate of drug-likeness (QED) is 0.743. The molecule has 0 atom stereocenters. The summed E-state index contributed by atoms with van der Waals surface area (Å²) in [6.07, 6.45) is 5.93. The first-order valence-corrected chi connectivity index (χ1v) is 8.97.